The summed E-state index contributed by atoms with van der Waals surface area (Å²) in [5, 5.41) is 6.93. The molecule has 0 aliphatic rings. The van der Waals surface area contributed by atoms with E-state index in [1.165, 1.54) is 6.20 Å². The highest BCUT2D eigenvalue weighted by atomic mass is 35.5. The molecule has 0 bridgehead atoms. The monoisotopic (exact) mass is 156 g/mol. The average Bonchev–Trinajstić information content (AvgIpc) is 1.94. The Morgan fingerprint density at radius 3 is 2.90 bits per heavy atom. The average molecular weight is 157 g/mol. The fraction of sp³-hybridized carbons (Fsp3) is 0. The van der Waals surface area contributed by atoms with Crippen LogP contribution in [0.3, 0.4) is 0 Å². The van der Waals surface area contributed by atoms with Crippen LogP contribution in [-0.2, 0) is 0 Å². The van der Waals surface area contributed by atoms with Crippen LogP contribution in [0.1, 0.15) is 5.69 Å². The number of nitrogens with one attached hydrogen (secondary N) is 1. The van der Waals surface area contributed by atoms with Crippen molar-refractivity contribution in [2.45, 2.75) is 0 Å². The molecule has 0 fully saturated rings. The van der Waals surface area contributed by atoms with Crippen molar-refractivity contribution in [3.05, 3.63) is 17.2 Å². The number of hydrogen-bond acceptors (Lipinski definition) is 4. The molecule has 0 amide bonds. The number of aromatic nitrogens is 2. The molecule has 0 aromatic carbocycles. The van der Waals surface area contributed by atoms with E-state index in [1.807, 2.05) is 0 Å². The first kappa shape index (κ1) is 6.95. The van der Waals surface area contributed by atoms with Gasteiger partial charge in [-0.05, 0) is 11.6 Å². The molecule has 1 heterocycles. The summed E-state index contributed by atoms with van der Waals surface area (Å²) in [6.45, 7) is 0. The van der Waals surface area contributed by atoms with Gasteiger partial charge in [-0.15, -0.1) is 0 Å². The van der Waals surface area contributed by atoms with Crippen molar-refractivity contribution in [3.8, 4) is 0 Å². The molecule has 1 aromatic rings. The number of hydrogen-bond donors (Lipinski definition) is 2. The van der Waals surface area contributed by atoms with Gasteiger partial charge in [0.05, 0.1) is 11.9 Å². The van der Waals surface area contributed by atoms with E-state index in [0.717, 1.165) is 6.21 Å². The number of nitrogens with two attached hydrogens (primary N) is 1. The van der Waals surface area contributed by atoms with E-state index in [0.29, 0.717) is 11.4 Å². The third-order valence-electron chi connectivity index (χ3n) is 0.955. The molecule has 4 nitrogen and oxygen atoms in total. The van der Waals surface area contributed by atoms with E-state index in [1.54, 1.807) is 0 Å². The van der Waals surface area contributed by atoms with Gasteiger partial charge in [-0.1, -0.05) is 0 Å². The van der Waals surface area contributed by atoms with Crippen molar-refractivity contribution in [2.24, 2.45) is 0 Å². The van der Waals surface area contributed by atoms with Gasteiger partial charge in [-0.25, -0.2) is 9.97 Å². The summed E-state index contributed by atoms with van der Waals surface area (Å²) in [7, 11) is 0. The Morgan fingerprint density at radius 2 is 2.40 bits per heavy atom. The zero-order valence-electron chi connectivity index (χ0n) is 5.00. The Labute approximate surface area is 62.6 Å². The van der Waals surface area contributed by atoms with Crippen molar-refractivity contribution >= 4 is 23.5 Å². The van der Waals surface area contributed by atoms with Crippen LogP contribution in [0.2, 0.25) is 5.28 Å². The SMILES string of the molecule is N=Cc1nc(Cl)ncc1N. The lowest BCUT2D eigenvalue weighted by Gasteiger charge is -1.95. The molecule has 0 atom stereocenters. The molecule has 0 unspecified atom stereocenters. The van der Waals surface area contributed by atoms with Crippen LogP contribution in [0, 0.1) is 5.41 Å². The lowest BCUT2D eigenvalue weighted by Crippen LogP contribution is -1.97. The maximum atomic E-state index is 6.83. The van der Waals surface area contributed by atoms with Crippen molar-refractivity contribution in [1.29, 1.82) is 5.41 Å². The highest BCUT2D eigenvalue weighted by Crippen LogP contribution is 2.06. The highest BCUT2D eigenvalue weighted by molar-refractivity contribution is 6.28. The van der Waals surface area contributed by atoms with Gasteiger partial charge in [0.1, 0.15) is 5.69 Å². The summed E-state index contributed by atoms with van der Waals surface area (Å²) in [5.74, 6) is 0. The summed E-state index contributed by atoms with van der Waals surface area (Å²) in [6.07, 6.45) is 2.40. The van der Waals surface area contributed by atoms with Gasteiger partial charge < -0.3 is 11.1 Å². The van der Waals surface area contributed by atoms with Crippen molar-refractivity contribution in [1.82, 2.24) is 9.97 Å². The number of anilines is 1. The van der Waals surface area contributed by atoms with Crippen LogP contribution in [-0.4, -0.2) is 16.2 Å². The summed E-state index contributed by atoms with van der Waals surface area (Å²) in [5.41, 5.74) is 6.07. The van der Waals surface area contributed by atoms with E-state index in [-0.39, 0.29) is 5.28 Å². The quantitative estimate of drug-likeness (QED) is 0.465. The molecule has 0 aliphatic heterocycles. The normalized spacial score (nSPS) is 9.30. The molecule has 5 heteroatoms. The van der Waals surface area contributed by atoms with E-state index in [9.17, 15) is 0 Å². The lowest BCUT2D eigenvalue weighted by atomic mass is 10.4. The van der Waals surface area contributed by atoms with E-state index < -0.39 is 0 Å². The van der Waals surface area contributed by atoms with Crippen LogP contribution in [0.15, 0.2) is 6.20 Å². The zero-order valence-corrected chi connectivity index (χ0v) is 5.76. The Balaban J connectivity index is 3.21. The Morgan fingerprint density at radius 1 is 1.70 bits per heavy atom. The van der Waals surface area contributed by atoms with E-state index in [4.69, 9.17) is 22.7 Å². The van der Waals surface area contributed by atoms with Crippen LogP contribution in [0.4, 0.5) is 5.69 Å². The second-order valence-electron chi connectivity index (χ2n) is 1.62. The minimum atomic E-state index is 0.104. The molecule has 52 valence electrons. The fourth-order valence-electron chi connectivity index (χ4n) is 0.497. The predicted octanol–water partition coefficient (Wildman–Crippen LogP) is 0.710. The van der Waals surface area contributed by atoms with Gasteiger partial charge in [-0.2, -0.15) is 0 Å². The largest absolute Gasteiger partial charge is 0.396 e. The molecular formula is C5H5ClN4. The number of rotatable bonds is 1. The molecule has 0 radical (unpaired) electrons. The van der Waals surface area contributed by atoms with Crippen LogP contribution in [0.5, 0.6) is 0 Å². The first-order valence-corrected chi connectivity index (χ1v) is 2.90. The van der Waals surface area contributed by atoms with Gasteiger partial charge >= 0.3 is 0 Å². The van der Waals surface area contributed by atoms with Gasteiger partial charge in [0.25, 0.3) is 0 Å². The number of nitrogens with zero attached hydrogens (tertiary/aromatic N) is 2. The van der Waals surface area contributed by atoms with E-state index in [2.05, 4.69) is 9.97 Å². The molecule has 10 heavy (non-hydrogen) atoms. The van der Waals surface area contributed by atoms with Crippen LogP contribution in [0.25, 0.3) is 0 Å². The van der Waals surface area contributed by atoms with Crippen LogP contribution >= 0.6 is 11.6 Å². The summed E-state index contributed by atoms with van der Waals surface area (Å²) < 4.78 is 0. The third-order valence-corrected chi connectivity index (χ3v) is 1.14. The summed E-state index contributed by atoms with van der Waals surface area (Å²) >= 11 is 5.41. The minimum absolute atomic E-state index is 0.104. The second kappa shape index (κ2) is 2.62. The van der Waals surface area contributed by atoms with Gasteiger partial charge in [-0.3, -0.25) is 0 Å². The summed E-state index contributed by atoms with van der Waals surface area (Å²) in [6, 6.07) is 0. The third kappa shape index (κ3) is 1.22. The van der Waals surface area contributed by atoms with Gasteiger partial charge in [0, 0.05) is 6.21 Å². The van der Waals surface area contributed by atoms with Crippen LogP contribution < -0.4 is 5.73 Å². The van der Waals surface area contributed by atoms with E-state index >= 15 is 0 Å². The minimum Gasteiger partial charge on any atom is -0.396 e. The maximum Gasteiger partial charge on any atom is 0.223 e. The molecule has 0 spiro atoms. The number of halogens is 1. The fourth-order valence-corrected chi connectivity index (χ4v) is 0.637. The molecule has 1 aromatic heterocycles. The number of nitrogen functional groups attached to an aromatic ring is 1. The Hall–Kier alpha value is -1.16. The first-order valence-electron chi connectivity index (χ1n) is 2.52. The first-order chi connectivity index (χ1) is 4.74. The molecule has 0 saturated carbocycles. The maximum absolute atomic E-state index is 6.83. The van der Waals surface area contributed by atoms with Crippen molar-refractivity contribution < 1.29 is 0 Å². The lowest BCUT2D eigenvalue weighted by molar-refractivity contribution is 1.16. The Kier molecular flexibility index (Phi) is 1.82. The second-order valence-corrected chi connectivity index (χ2v) is 1.96. The molecule has 0 saturated heterocycles. The molecule has 1 rings (SSSR count). The highest BCUT2D eigenvalue weighted by Gasteiger charge is 1.97. The predicted molar refractivity (Wildman–Crippen MR) is 39.3 cm³/mol. The smallest absolute Gasteiger partial charge is 0.223 e. The van der Waals surface area contributed by atoms with Gasteiger partial charge in [0.2, 0.25) is 5.28 Å². The topological polar surface area (TPSA) is 75.7 Å². The molecule has 3 N–H and O–H groups in total. The Bertz CT molecular complexity index is 260. The summed E-state index contributed by atoms with van der Waals surface area (Å²) in [4.78, 5) is 7.29. The van der Waals surface area contributed by atoms with Crippen molar-refractivity contribution in [2.75, 3.05) is 5.73 Å². The molecule has 0 aliphatic carbocycles. The molecular weight excluding hydrogens is 152 g/mol. The van der Waals surface area contributed by atoms with Crippen molar-refractivity contribution in [3.63, 3.8) is 0 Å². The zero-order chi connectivity index (χ0) is 7.56. The standard InChI is InChI=1S/C5H5ClN4/c6-5-9-2-3(8)4(1-7)10-5/h1-2,7H,8H2. The van der Waals surface area contributed by atoms with Gasteiger partial charge in [0.15, 0.2) is 0 Å².